The van der Waals surface area contributed by atoms with Gasteiger partial charge in [0.2, 0.25) is 5.91 Å². The van der Waals surface area contributed by atoms with Crippen molar-refractivity contribution in [1.82, 2.24) is 10.2 Å². The summed E-state index contributed by atoms with van der Waals surface area (Å²) in [6.45, 7) is 3.51. The smallest absolute Gasteiger partial charge is 0.224 e. The Hall–Kier alpha value is -0.360. The number of likely N-dealkylation sites (N-methyl/N-ethyl adjacent to an activating group) is 2. The summed E-state index contributed by atoms with van der Waals surface area (Å²) in [7, 11) is 3.70. The van der Waals surface area contributed by atoms with E-state index >= 15 is 0 Å². The molecular formula is C12H25ClN2O3. The third-order valence-corrected chi connectivity index (χ3v) is 2.91. The number of carbonyl (C=O) groups excluding carboxylic acids is 1. The van der Waals surface area contributed by atoms with Crippen molar-refractivity contribution in [3.63, 3.8) is 0 Å². The summed E-state index contributed by atoms with van der Waals surface area (Å²) in [5.74, 6) is 0.132. The number of nitrogens with one attached hydrogen (secondary N) is 1. The average molecular weight is 281 g/mol. The summed E-state index contributed by atoms with van der Waals surface area (Å²) in [5, 5.41) is 3.02. The number of amides is 1. The first-order valence-corrected chi connectivity index (χ1v) is 6.32. The molecular weight excluding hydrogens is 256 g/mol. The molecule has 0 bridgehead atoms. The zero-order valence-corrected chi connectivity index (χ0v) is 12.1. The van der Waals surface area contributed by atoms with Gasteiger partial charge in [0.15, 0.2) is 0 Å². The van der Waals surface area contributed by atoms with Gasteiger partial charge < -0.3 is 19.7 Å². The van der Waals surface area contributed by atoms with E-state index in [0.717, 1.165) is 32.5 Å². The SMILES string of the molecule is CNCCN(C)C(=O)CCOCC1CCCO1.Cl. The number of nitrogens with zero attached hydrogens (tertiary/aromatic N) is 1. The van der Waals surface area contributed by atoms with Gasteiger partial charge in [0.1, 0.15) is 0 Å². The molecule has 1 aliphatic heterocycles. The van der Waals surface area contributed by atoms with Gasteiger partial charge >= 0.3 is 0 Å². The Morgan fingerprint density at radius 2 is 2.33 bits per heavy atom. The lowest BCUT2D eigenvalue weighted by Gasteiger charge is -2.17. The minimum atomic E-state index is 0. The van der Waals surface area contributed by atoms with Crippen molar-refractivity contribution >= 4 is 18.3 Å². The molecule has 0 radical (unpaired) electrons. The van der Waals surface area contributed by atoms with Gasteiger partial charge in [0.05, 0.1) is 25.7 Å². The van der Waals surface area contributed by atoms with Gasteiger partial charge in [0, 0.05) is 26.7 Å². The monoisotopic (exact) mass is 280 g/mol. The second kappa shape index (κ2) is 10.6. The minimum absolute atomic E-state index is 0. The molecule has 0 aromatic rings. The number of hydrogen-bond acceptors (Lipinski definition) is 4. The van der Waals surface area contributed by atoms with Gasteiger partial charge in [-0.2, -0.15) is 0 Å². The number of hydrogen-bond donors (Lipinski definition) is 1. The van der Waals surface area contributed by atoms with Crippen LogP contribution in [0.5, 0.6) is 0 Å². The maximum absolute atomic E-state index is 11.6. The molecule has 108 valence electrons. The highest BCUT2D eigenvalue weighted by atomic mass is 35.5. The van der Waals surface area contributed by atoms with Crippen molar-refractivity contribution in [1.29, 1.82) is 0 Å². The van der Waals surface area contributed by atoms with Crippen LogP contribution in [0.2, 0.25) is 0 Å². The van der Waals surface area contributed by atoms with E-state index < -0.39 is 0 Å². The second-order valence-corrected chi connectivity index (χ2v) is 4.38. The number of carbonyl (C=O) groups is 1. The van der Waals surface area contributed by atoms with Crippen LogP contribution in [0.25, 0.3) is 0 Å². The van der Waals surface area contributed by atoms with Crippen molar-refractivity contribution in [3.05, 3.63) is 0 Å². The van der Waals surface area contributed by atoms with Crippen LogP contribution in [0.15, 0.2) is 0 Å². The third-order valence-electron chi connectivity index (χ3n) is 2.91. The Labute approximate surface area is 116 Å². The molecule has 1 saturated heterocycles. The lowest BCUT2D eigenvalue weighted by molar-refractivity contribution is -0.131. The summed E-state index contributed by atoms with van der Waals surface area (Å²) in [6.07, 6.45) is 2.90. The lowest BCUT2D eigenvalue weighted by atomic mass is 10.2. The number of ether oxygens (including phenoxy) is 2. The summed E-state index contributed by atoms with van der Waals surface area (Å²) < 4.78 is 10.9. The Morgan fingerprint density at radius 3 is 2.94 bits per heavy atom. The van der Waals surface area contributed by atoms with E-state index in [0.29, 0.717) is 19.6 Å². The van der Waals surface area contributed by atoms with E-state index in [4.69, 9.17) is 9.47 Å². The standard InChI is InChI=1S/C12H24N2O3.ClH/c1-13-6-7-14(2)12(15)5-9-16-10-11-4-3-8-17-11;/h11,13H,3-10H2,1-2H3;1H. The van der Waals surface area contributed by atoms with Gasteiger partial charge in [0.25, 0.3) is 0 Å². The first-order valence-electron chi connectivity index (χ1n) is 6.32. The normalized spacial score (nSPS) is 18.4. The molecule has 5 nitrogen and oxygen atoms in total. The first kappa shape index (κ1) is 17.6. The highest BCUT2D eigenvalue weighted by Crippen LogP contribution is 2.11. The van der Waals surface area contributed by atoms with Crippen molar-refractivity contribution in [2.45, 2.75) is 25.4 Å². The Kier molecular flexibility index (Phi) is 10.3. The van der Waals surface area contributed by atoms with Crippen LogP contribution in [0, 0.1) is 0 Å². The molecule has 1 unspecified atom stereocenters. The highest BCUT2D eigenvalue weighted by molar-refractivity contribution is 5.85. The predicted octanol–water partition coefficient (Wildman–Crippen LogP) is 0.672. The van der Waals surface area contributed by atoms with Crippen molar-refractivity contribution < 1.29 is 14.3 Å². The molecule has 1 rings (SSSR count). The van der Waals surface area contributed by atoms with Gasteiger partial charge in [-0.3, -0.25) is 4.79 Å². The van der Waals surface area contributed by atoms with Gasteiger partial charge in [-0.1, -0.05) is 0 Å². The van der Waals surface area contributed by atoms with Crippen LogP contribution in [0.3, 0.4) is 0 Å². The zero-order valence-electron chi connectivity index (χ0n) is 11.3. The summed E-state index contributed by atoms with van der Waals surface area (Å²) in [4.78, 5) is 13.4. The van der Waals surface area contributed by atoms with Gasteiger partial charge in [-0.25, -0.2) is 0 Å². The van der Waals surface area contributed by atoms with E-state index in [9.17, 15) is 4.79 Å². The predicted molar refractivity (Wildman–Crippen MR) is 73.2 cm³/mol. The Balaban J connectivity index is 0.00000289. The van der Waals surface area contributed by atoms with Crippen LogP contribution in [-0.2, 0) is 14.3 Å². The molecule has 0 spiro atoms. The fraction of sp³-hybridized carbons (Fsp3) is 0.917. The maximum atomic E-state index is 11.6. The van der Waals surface area contributed by atoms with Crippen LogP contribution in [0.4, 0.5) is 0 Å². The fourth-order valence-corrected chi connectivity index (χ4v) is 1.75. The van der Waals surface area contributed by atoms with E-state index in [2.05, 4.69) is 5.32 Å². The Morgan fingerprint density at radius 1 is 1.56 bits per heavy atom. The van der Waals surface area contributed by atoms with Crippen LogP contribution < -0.4 is 5.32 Å². The molecule has 6 heteroatoms. The molecule has 1 aliphatic rings. The molecule has 1 N–H and O–H groups in total. The van der Waals surface area contributed by atoms with E-state index in [1.807, 2.05) is 14.1 Å². The molecule has 1 fully saturated rings. The zero-order chi connectivity index (χ0) is 12.5. The molecule has 0 aromatic carbocycles. The minimum Gasteiger partial charge on any atom is -0.378 e. The second-order valence-electron chi connectivity index (χ2n) is 4.38. The maximum Gasteiger partial charge on any atom is 0.224 e. The highest BCUT2D eigenvalue weighted by Gasteiger charge is 2.15. The molecule has 0 aliphatic carbocycles. The van der Waals surface area contributed by atoms with Crippen molar-refractivity contribution in [2.75, 3.05) is 47.0 Å². The lowest BCUT2D eigenvalue weighted by Crippen LogP contribution is -2.33. The van der Waals surface area contributed by atoms with Crippen molar-refractivity contribution in [2.24, 2.45) is 0 Å². The topological polar surface area (TPSA) is 50.8 Å². The molecule has 18 heavy (non-hydrogen) atoms. The summed E-state index contributed by atoms with van der Waals surface area (Å²) in [6, 6.07) is 0. The van der Waals surface area contributed by atoms with Crippen LogP contribution in [0.1, 0.15) is 19.3 Å². The quantitative estimate of drug-likeness (QED) is 0.664. The molecule has 1 atom stereocenters. The first-order chi connectivity index (χ1) is 8.24. The van der Waals surface area contributed by atoms with Gasteiger partial charge in [-0.15, -0.1) is 12.4 Å². The number of halogens is 1. The fourth-order valence-electron chi connectivity index (χ4n) is 1.75. The van der Waals surface area contributed by atoms with Crippen LogP contribution >= 0.6 is 12.4 Å². The van der Waals surface area contributed by atoms with Gasteiger partial charge in [-0.05, 0) is 19.9 Å². The van der Waals surface area contributed by atoms with E-state index in [1.165, 1.54) is 0 Å². The van der Waals surface area contributed by atoms with Crippen LogP contribution in [-0.4, -0.2) is 63.9 Å². The van der Waals surface area contributed by atoms with Crippen molar-refractivity contribution in [3.8, 4) is 0 Å². The summed E-state index contributed by atoms with van der Waals surface area (Å²) in [5.41, 5.74) is 0. The Bertz CT molecular complexity index is 223. The molecule has 1 heterocycles. The summed E-state index contributed by atoms with van der Waals surface area (Å²) >= 11 is 0. The number of rotatable bonds is 8. The van der Waals surface area contributed by atoms with E-state index in [1.54, 1.807) is 4.90 Å². The molecule has 1 amide bonds. The third kappa shape index (κ3) is 7.16. The largest absolute Gasteiger partial charge is 0.378 e. The molecule has 0 saturated carbocycles. The molecule has 0 aromatic heterocycles. The van der Waals surface area contributed by atoms with E-state index in [-0.39, 0.29) is 24.4 Å². The average Bonchev–Trinajstić information content (AvgIpc) is 2.84.